The summed E-state index contributed by atoms with van der Waals surface area (Å²) in [5.41, 5.74) is 1.47. The van der Waals surface area contributed by atoms with E-state index in [0.29, 0.717) is 17.4 Å². The molecule has 0 atom stereocenters. The van der Waals surface area contributed by atoms with E-state index in [2.05, 4.69) is 20.9 Å². The Kier molecular flexibility index (Phi) is 3.63. The number of pyridine rings is 1. The average Bonchev–Trinajstić information content (AvgIpc) is 2.42. The van der Waals surface area contributed by atoms with Crippen molar-refractivity contribution in [1.82, 2.24) is 4.98 Å². The van der Waals surface area contributed by atoms with E-state index in [1.54, 1.807) is 11.0 Å². The first kappa shape index (κ1) is 13.4. The molecule has 1 aliphatic rings. The predicted molar refractivity (Wildman–Crippen MR) is 80.1 cm³/mol. The molecule has 20 heavy (non-hydrogen) atoms. The van der Waals surface area contributed by atoms with Crippen molar-refractivity contribution in [3.8, 4) is 5.75 Å². The van der Waals surface area contributed by atoms with Gasteiger partial charge in [0.25, 0.3) is 5.91 Å². The van der Waals surface area contributed by atoms with Crippen molar-refractivity contribution in [3.63, 3.8) is 0 Å². The Labute approximate surface area is 129 Å². The van der Waals surface area contributed by atoms with Crippen LogP contribution in [0, 0.1) is 0 Å². The number of hydrogen-bond donors (Lipinski definition) is 0. The number of ether oxygens (including phenoxy) is 1. The van der Waals surface area contributed by atoms with Crippen molar-refractivity contribution in [2.24, 2.45) is 0 Å². The van der Waals surface area contributed by atoms with Crippen molar-refractivity contribution in [2.75, 3.05) is 11.5 Å². The van der Waals surface area contributed by atoms with Crippen LogP contribution < -0.4 is 9.64 Å². The smallest absolute Gasteiger partial charge is 0.265 e. The zero-order valence-corrected chi connectivity index (χ0v) is 12.7. The number of benzene rings is 1. The number of aromatic nitrogens is 1. The van der Waals surface area contributed by atoms with Crippen LogP contribution in [0.2, 0.25) is 5.15 Å². The van der Waals surface area contributed by atoms with Crippen LogP contribution in [0.15, 0.2) is 40.9 Å². The van der Waals surface area contributed by atoms with Crippen LogP contribution in [-0.2, 0) is 11.3 Å². The van der Waals surface area contributed by atoms with E-state index in [9.17, 15) is 4.79 Å². The molecule has 0 spiro atoms. The summed E-state index contributed by atoms with van der Waals surface area (Å²) in [5, 5.41) is 0.415. The molecule has 0 saturated carbocycles. The minimum atomic E-state index is -0.0997. The number of rotatable bonds is 2. The number of fused-ring (bicyclic) bond motifs is 1. The van der Waals surface area contributed by atoms with E-state index < -0.39 is 0 Å². The monoisotopic (exact) mass is 352 g/mol. The summed E-state index contributed by atoms with van der Waals surface area (Å²) in [5.74, 6) is 0.590. The molecule has 1 aliphatic heterocycles. The van der Waals surface area contributed by atoms with Gasteiger partial charge < -0.3 is 4.74 Å². The van der Waals surface area contributed by atoms with Crippen LogP contribution in [0.4, 0.5) is 5.69 Å². The Morgan fingerprint density at radius 1 is 1.35 bits per heavy atom. The fourth-order valence-electron chi connectivity index (χ4n) is 2.05. The number of carbonyl (C=O) groups is 1. The van der Waals surface area contributed by atoms with Crippen molar-refractivity contribution >= 4 is 39.1 Å². The third-order valence-corrected chi connectivity index (χ3v) is 3.66. The lowest BCUT2D eigenvalue weighted by atomic mass is 10.2. The number of halogens is 2. The first-order chi connectivity index (χ1) is 9.63. The van der Waals surface area contributed by atoms with E-state index in [4.69, 9.17) is 16.3 Å². The largest absolute Gasteiger partial charge is 0.482 e. The maximum atomic E-state index is 12.1. The summed E-state index contributed by atoms with van der Waals surface area (Å²) in [7, 11) is 0. The van der Waals surface area contributed by atoms with Crippen LogP contribution in [0.1, 0.15) is 5.69 Å². The SMILES string of the molecule is O=C1COc2ccc(Br)cc2N1Cc1cccc(Cl)n1. The summed E-state index contributed by atoms with van der Waals surface area (Å²) >= 11 is 9.28. The molecule has 1 aromatic carbocycles. The summed E-state index contributed by atoms with van der Waals surface area (Å²) in [6, 6.07) is 10.9. The van der Waals surface area contributed by atoms with Crippen LogP contribution >= 0.6 is 27.5 Å². The first-order valence-corrected chi connectivity index (χ1v) is 7.15. The molecule has 0 N–H and O–H groups in total. The van der Waals surface area contributed by atoms with Crippen molar-refractivity contribution in [3.05, 3.63) is 51.7 Å². The molecule has 6 heteroatoms. The molecule has 2 aromatic rings. The van der Waals surface area contributed by atoms with Gasteiger partial charge in [0, 0.05) is 4.47 Å². The zero-order chi connectivity index (χ0) is 14.1. The van der Waals surface area contributed by atoms with Crippen molar-refractivity contribution in [2.45, 2.75) is 6.54 Å². The lowest BCUT2D eigenvalue weighted by Crippen LogP contribution is -2.38. The lowest BCUT2D eigenvalue weighted by Gasteiger charge is -2.29. The van der Waals surface area contributed by atoms with Gasteiger partial charge in [-0.3, -0.25) is 9.69 Å². The predicted octanol–water partition coefficient (Wildman–Crippen LogP) is 3.42. The first-order valence-electron chi connectivity index (χ1n) is 5.97. The molecule has 0 aliphatic carbocycles. The van der Waals surface area contributed by atoms with Crippen LogP contribution in [0.3, 0.4) is 0 Å². The highest BCUT2D eigenvalue weighted by molar-refractivity contribution is 9.10. The second kappa shape index (κ2) is 5.42. The molecule has 0 fully saturated rings. The Bertz CT molecular complexity index is 678. The Balaban J connectivity index is 1.97. The quantitative estimate of drug-likeness (QED) is 0.777. The third-order valence-electron chi connectivity index (χ3n) is 2.96. The second-order valence-electron chi connectivity index (χ2n) is 4.33. The molecule has 102 valence electrons. The highest BCUT2D eigenvalue weighted by Crippen LogP contribution is 2.35. The minimum absolute atomic E-state index is 0.0369. The molecule has 4 nitrogen and oxygen atoms in total. The van der Waals surface area contributed by atoms with E-state index in [1.165, 1.54) is 0 Å². The average molecular weight is 354 g/mol. The summed E-state index contributed by atoms with van der Waals surface area (Å²) in [6.07, 6.45) is 0. The van der Waals surface area contributed by atoms with Crippen molar-refractivity contribution < 1.29 is 9.53 Å². The second-order valence-corrected chi connectivity index (χ2v) is 5.64. The van der Waals surface area contributed by atoms with E-state index in [-0.39, 0.29) is 12.5 Å². The van der Waals surface area contributed by atoms with Gasteiger partial charge in [0.15, 0.2) is 6.61 Å². The van der Waals surface area contributed by atoms with Crippen LogP contribution in [0.25, 0.3) is 0 Å². The number of hydrogen-bond acceptors (Lipinski definition) is 3. The van der Waals surface area contributed by atoms with E-state index in [1.807, 2.05) is 30.3 Å². The number of anilines is 1. The number of carbonyl (C=O) groups excluding carboxylic acids is 1. The van der Waals surface area contributed by atoms with E-state index >= 15 is 0 Å². The normalized spacial score (nSPS) is 13.9. The highest BCUT2D eigenvalue weighted by atomic mass is 79.9. The molecular weight excluding hydrogens is 344 g/mol. The Morgan fingerprint density at radius 2 is 2.20 bits per heavy atom. The van der Waals surface area contributed by atoms with Gasteiger partial charge in [-0.15, -0.1) is 0 Å². The van der Waals surface area contributed by atoms with E-state index in [0.717, 1.165) is 15.9 Å². The standard InChI is InChI=1S/C14H10BrClN2O2/c15-9-4-5-12-11(6-9)18(14(19)8-20-12)7-10-2-1-3-13(16)17-10/h1-6H,7-8H2. The van der Waals surface area contributed by atoms with Crippen LogP contribution in [-0.4, -0.2) is 17.5 Å². The topological polar surface area (TPSA) is 42.4 Å². The fourth-order valence-corrected chi connectivity index (χ4v) is 2.58. The Hall–Kier alpha value is -1.59. The third kappa shape index (κ3) is 2.64. The fraction of sp³-hybridized carbons (Fsp3) is 0.143. The molecule has 0 radical (unpaired) electrons. The number of nitrogens with zero attached hydrogens (tertiary/aromatic N) is 2. The van der Waals surface area contributed by atoms with Gasteiger partial charge in [-0.2, -0.15) is 0 Å². The maximum absolute atomic E-state index is 12.1. The molecular formula is C14H10BrClN2O2. The van der Waals surface area contributed by atoms with Gasteiger partial charge in [-0.25, -0.2) is 4.98 Å². The summed E-state index contributed by atoms with van der Waals surface area (Å²) in [6.45, 7) is 0.404. The molecule has 2 heterocycles. The van der Waals surface area contributed by atoms with Gasteiger partial charge in [0.2, 0.25) is 0 Å². The summed E-state index contributed by atoms with van der Waals surface area (Å²) < 4.78 is 6.31. The van der Waals surface area contributed by atoms with Gasteiger partial charge in [-0.05, 0) is 30.3 Å². The molecule has 0 saturated heterocycles. The molecule has 1 amide bonds. The van der Waals surface area contributed by atoms with Gasteiger partial charge in [0.1, 0.15) is 10.9 Å². The Morgan fingerprint density at radius 3 is 3.00 bits per heavy atom. The summed E-state index contributed by atoms with van der Waals surface area (Å²) in [4.78, 5) is 18.0. The molecule has 0 unspecified atom stereocenters. The minimum Gasteiger partial charge on any atom is -0.482 e. The number of amides is 1. The lowest BCUT2D eigenvalue weighted by molar-refractivity contribution is -0.121. The molecule has 3 rings (SSSR count). The van der Waals surface area contributed by atoms with Gasteiger partial charge in [-0.1, -0.05) is 33.6 Å². The zero-order valence-electron chi connectivity index (χ0n) is 10.3. The molecule has 0 bridgehead atoms. The highest BCUT2D eigenvalue weighted by Gasteiger charge is 2.26. The van der Waals surface area contributed by atoms with Crippen LogP contribution in [0.5, 0.6) is 5.75 Å². The maximum Gasteiger partial charge on any atom is 0.265 e. The van der Waals surface area contributed by atoms with Gasteiger partial charge >= 0.3 is 0 Å². The van der Waals surface area contributed by atoms with Gasteiger partial charge in [0.05, 0.1) is 17.9 Å². The van der Waals surface area contributed by atoms with Crippen molar-refractivity contribution in [1.29, 1.82) is 0 Å². The molecule has 1 aromatic heterocycles.